The second-order valence-electron chi connectivity index (χ2n) is 7.02. The van der Waals surface area contributed by atoms with Crippen molar-refractivity contribution in [3.63, 3.8) is 0 Å². The van der Waals surface area contributed by atoms with Gasteiger partial charge < -0.3 is 19.9 Å². The van der Waals surface area contributed by atoms with Crippen LogP contribution in [0.2, 0.25) is 0 Å². The number of urea groups is 1. The van der Waals surface area contributed by atoms with Crippen molar-refractivity contribution >= 4 is 6.03 Å². The molecular weight excluding hydrogens is 340 g/mol. The Morgan fingerprint density at radius 1 is 1.15 bits per heavy atom. The highest BCUT2D eigenvalue weighted by atomic mass is 16.5. The van der Waals surface area contributed by atoms with Crippen LogP contribution in [0.25, 0.3) is 0 Å². The van der Waals surface area contributed by atoms with E-state index in [1.54, 1.807) is 19.5 Å². The zero-order chi connectivity index (χ0) is 19.1. The highest BCUT2D eigenvalue weighted by Gasteiger charge is 2.27. The Labute approximate surface area is 161 Å². The second kappa shape index (κ2) is 9.37. The maximum atomic E-state index is 13.0. The zero-order valence-corrected chi connectivity index (χ0v) is 16.1. The number of ether oxygens (including phenoxy) is 1. The minimum absolute atomic E-state index is 0.0165. The van der Waals surface area contributed by atoms with Crippen molar-refractivity contribution in [2.45, 2.75) is 32.0 Å². The van der Waals surface area contributed by atoms with E-state index in [4.69, 9.17) is 4.74 Å². The normalized spacial score (nSPS) is 15.3. The molecule has 0 bridgehead atoms. The van der Waals surface area contributed by atoms with Gasteiger partial charge in [0.2, 0.25) is 0 Å². The number of carbonyl (C=O) groups is 1. The van der Waals surface area contributed by atoms with Crippen molar-refractivity contribution in [2.24, 2.45) is 0 Å². The average molecular weight is 368 g/mol. The molecule has 27 heavy (non-hydrogen) atoms. The lowest BCUT2D eigenvalue weighted by molar-refractivity contribution is 0.127. The van der Waals surface area contributed by atoms with Gasteiger partial charge in [0.15, 0.2) is 0 Å². The van der Waals surface area contributed by atoms with Crippen LogP contribution in [0.15, 0.2) is 48.8 Å². The van der Waals surface area contributed by atoms with Gasteiger partial charge in [-0.25, -0.2) is 4.79 Å². The number of piperidine rings is 1. The SMILES string of the molecule is COc1ccc(CNC(=O)N(Cc2ccncc2)C2CCN(C)CC2)cc1. The molecule has 0 saturated carbocycles. The number of hydrogen-bond acceptors (Lipinski definition) is 4. The first-order valence-corrected chi connectivity index (χ1v) is 9.40. The first-order chi connectivity index (χ1) is 13.2. The summed E-state index contributed by atoms with van der Waals surface area (Å²) in [5.74, 6) is 0.815. The molecule has 2 amide bonds. The molecule has 1 aliphatic rings. The summed E-state index contributed by atoms with van der Waals surface area (Å²) >= 11 is 0. The van der Waals surface area contributed by atoms with Gasteiger partial charge in [-0.1, -0.05) is 12.1 Å². The van der Waals surface area contributed by atoms with Crippen LogP contribution >= 0.6 is 0 Å². The van der Waals surface area contributed by atoms with Crippen molar-refractivity contribution in [2.75, 3.05) is 27.2 Å². The van der Waals surface area contributed by atoms with Crippen LogP contribution in [0.5, 0.6) is 5.75 Å². The van der Waals surface area contributed by atoms with Crippen molar-refractivity contribution in [3.05, 3.63) is 59.9 Å². The number of likely N-dealkylation sites (tertiary alicyclic amines) is 1. The number of aromatic nitrogens is 1. The van der Waals surface area contributed by atoms with Gasteiger partial charge in [-0.05, 0) is 68.4 Å². The summed E-state index contributed by atoms with van der Waals surface area (Å²) in [5.41, 5.74) is 2.15. The molecule has 1 aliphatic heterocycles. The molecule has 6 heteroatoms. The molecule has 1 aromatic carbocycles. The lowest BCUT2D eigenvalue weighted by Gasteiger charge is -2.37. The molecule has 0 aliphatic carbocycles. The Morgan fingerprint density at radius 2 is 1.81 bits per heavy atom. The first kappa shape index (κ1) is 19.2. The monoisotopic (exact) mass is 368 g/mol. The summed E-state index contributed by atoms with van der Waals surface area (Å²) in [7, 11) is 3.78. The zero-order valence-electron chi connectivity index (χ0n) is 16.1. The van der Waals surface area contributed by atoms with Crippen molar-refractivity contribution in [3.8, 4) is 5.75 Å². The van der Waals surface area contributed by atoms with Crippen LogP contribution in [0.3, 0.4) is 0 Å². The van der Waals surface area contributed by atoms with Crippen LogP contribution in [0.1, 0.15) is 24.0 Å². The minimum Gasteiger partial charge on any atom is -0.497 e. The third-order valence-electron chi connectivity index (χ3n) is 5.09. The summed E-state index contributed by atoms with van der Waals surface area (Å²) in [6.45, 7) is 3.14. The van der Waals surface area contributed by atoms with Gasteiger partial charge >= 0.3 is 6.03 Å². The van der Waals surface area contributed by atoms with E-state index in [2.05, 4.69) is 22.2 Å². The topological polar surface area (TPSA) is 57.7 Å². The van der Waals surface area contributed by atoms with Crippen LogP contribution in [-0.4, -0.2) is 54.1 Å². The highest BCUT2D eigenvalue weighted by molar-refractivity contribution is 5.74. The summed E-state index contributed by atoms with van der Waals surface area (Å²) in [6.07, 6.45) is 5.55. The van der Waals surface area contributed by atoms with E-state index < -0.39 is 0 Å². The quantitative estimate of drug-likeness (QED) is 0.852. The van der Waals surface area contributed by atoms with Gasteiger partial charge in [0.05, 0.1) is 7.11 Å². The fraction of sp³-hybridized carbons (Fsp3) is 0.429. The Kier molecular flexibility index (Phi) is 6.65. The molecular formula is C21H28N4O2. The van der Waals surface area contributed by atoms with Crippen molar-refractivity contribution in [1.29, 1.82) is 0 Å². The van der Waals surface area contributed by atoms with Gasteiger partial charge in [-0.2, -0.15) is 0 Å². The lowest BCUT2D eigenvalue weighted by Crippen LogP contribution is -2.49. The third-order valence-corrected chi connectivity index (χ3v) is 5.09. The summed E-state index contributed by atoms with van der Waals surface area (Å²) in [6, 6.07) is 11.9. The second-order valence-corrected chi connectivity index (χ2v) is 7.02. The van der Waals surface area contributed by atoms with Crippen LogP contribution in [-0.2, 0) is 13.1 Å². The van der Waals surface area contributed by atoms with E-state index in [1.165, 1.54) is 0 Å². The fourth-order valence-corrected chi connectivity index (χ4v) is 3.38. The molecule has 1 fully saturated rings. The number of hydrogen-bond donors (Lipinski definition) is 1. The maximum absolute atomic E-state index is 13.0. The highest BCUT2D eigenvalue weighted by Crippen LogP contribution is 2.19. The minimum atomic E-state index is -0.0165. The number of methoxy groups -OCH3 is 1. The number of rotatable bonds is 6. The summed E-state index contributed by atoms with van der Waals surface area (Å²) in [5, 5.41) is 3.08. The number of nitrogens with zero attached hydrogens (tertiary/aromatic N) is 3. The first-order valence-electron chi connectivity index (χ1n) is 9.40. The van der Waals surface area contributed by atoms with Gasteiger partial charge in [0.1, 0.15) is 5.75 Å². The largest absolute Gasteiger partial charge is 0.497 e. The smallest absolute Gasteiger partial charge is 0.318 e. The number of benzene rings is 1. The average Bonchev–Trinajstić information content (AvgIpc) is 2.72. The Bertz CT molecular complexity index is 713. The van der Waals surface area contributed by atoms with E-state index in [1.807, 2.05) is 41.3 Å². The molecule has 1 aromatic heterocycles. The molecule has 0 atom stereocenters. The number of carbonyl (C=O) groups excluding carboxylic acids is 1. The van der Waals surface area contributed by atoms with E-state index in [0.717, 1.165) is 42.8 Å². The fourth-order valence-electron chi connectivity index (χ4n) is 3.38. The summed E-state index contributed by atoms with van der Waals surface area (Å²) in [4.78, 5) is 21.4. The van der Waals surface area contributed by atoms with E-state index in [0.29, 0.717) is 13.1 Å². The predicted octanol–water partition coefficient (Wildman–Crippen LogP) is 2.90. The Hall–Kier alpha value is -2.60. The molecule has 3 rings (SSSR count). The molecule has 2 aromatic rings. The molecule has 6 nitrogen and oxygen atoms in total. The predicted molar refractivity (Wildman–Crippen MR) is 106 cm³/mol. The molecule has 0 spiro atoms. The third kappa shape index (κ3) is 5.44. The van der Waals surface area contributed by atoms with Gasteiger partial charge in [0, 0.05) is 31.5 Å². The Morgan fingerprint density at radius 3 is 2.44 bits per heavy atom. The summed E-state index contributed by atoms with van der Waals surface area (Å²) < 4.78 is 5.18. The maximum Gasteiger partial charge on any atom is 0.318 e. The molecule has 144 valence electrons. The van der Waals surface area contributed by atoms with E-state index in [-0.39, 0.29) is 12.1 Å². The van der Waals surface area contributed by atoms with Gasteiger partial charge in [-0.15, -0.1) is 0 Å². The van der Waals surface area contributed by atoms with Gasteiger partial charge in [0.25, 0.3) is 0 Å². The molecule has 1 N–H and O–H groups in total. The van der Waals surface area contributed by atoms with Crippen LogP contribution in [0, 0.1) is 0 Å². The number of nitrogens with one attached hydrogen (secondary N) is 1. The van der Waals surface area contributed by atoms with Crippen LogP contribution < -0.4 is 10.1 Å². The van der Waals surface area contributed by atoms with Crippen LogP contribution in [0.4, 0.5) is 4.79 Å². The number of amides is 2. The lowest BCUT2D eigenvalue weighted by atomic mass is 10.0. The van der Waals surface area contributed by atoms with E-state index >= 15 is 0 Å². The van der Waals surface area contributed by atoms with Gasteiger partial charge in [-0.3, -0.25) is 4.98 Å². The molecule has 1 saturated heterocycles. The molecule has 2 heterocycles. The standard InChI is InChI=1S/C21H28N4O2/c1-24-13-9-19(10-14-24)25(16-18-7-11-22-12-8-18)21(26)23-15-17-3-5-20(27-2)6-4-17/h3-8,11-12,19H,9-10,13-16H2,1-2H3,(H,23,26). The van der Waals surface area contributed by atoms with Crippen molar-refractivity contribution < 1.29 is 9.53 Å². The van der Waals surface area contributed by atoms with E-state index in [9.17, 15) is 4.79 Å². The number of pyridine rings is 1. The van der Waals surface area contributed by atoms with Crippen molar-refractivity contribution in [1.82, 2.24) is 20.1 Å². The Balaban J connectivity index is 1.65. The molecule has 0 radical (unpaired) electrons. The molecule has 0 unspecified atom stereocenters.